The molecule has 0 radical (unpaired) electrons. The Morgan fingerprint density at radius 1 is 1.38 bits per heavy atom. The standard InChI is InChI=1S/C13H13BrFNO3S2/c1-8-6-12(20-13(8)14)21(18,19)16-7-11(17)9-2-4-10(15)5-3-9/h2-6,11,16-17H,7H2,1H3/t11-/m1/s1. The molecule has 0 fully saturated rings. The maximum atomic E-state index is 12.8. The Balaban J connectivity index is 2.06. The van der Waals surface area contributed by atoms with Crippen LogP contribution in [0.5, 0.6) is 0 Å². The van der Waals surface area contributed by atoms with Crippen LogP contribution in [0.15, 0.2) is 38.3 Å². The van der Waals surface area contributed by atoms with Gasteiger partial charge in [0, 0.05) is 6.54 Å². The van der Waals surface area contributed by atoms with Crippen molar-refractivity contribution < 1.29 is 17.9 Å². The third-order valence-electron chi connectivity index (χ3n) is 2.82. The van der Waals surface area contributed by atoms with Gasteiger partial charge in [0.1, 0.15) is 10.0 Å². The molecule has 0 aliphatic rings. The number of hydrogen-bond acceptors (Lipinski definition) is 4. The van der Waals surface area contributed by atoms with Crippen molar-refractivity contribution in [1.82, 2.24) is 4.72 Å². The summed E-state index contributed by atoms with van der Waals surface area (Å²) in [4.78, 5) is 0. The van der Waals surface area contributed by atoms with Crippen LogP contribution in [0.1, 0.15) is 17.2 Å². The minimum atomic E-state index is -3.67. The second-order valence-corrected chi connectivity index (χ2v) is 8.81. The highest BCUT2D eigenvalue weighted by Crippen LogP contribution is 2.30. The summed E-state index contributed by atoms with van der Waals surface area (Å²) >= 11 is 4.38. The lowest BCUT2D eigenvalue weighted by atomic mass is 10.1. The Morgan fingerprint density at radius 2 is 2.00 bits per heavy atom. The van der Waals surface area contributed by atoms with E-state index in [0.717, 1.165) is 20.7 Å². The summed E-state index contributed by atoms with van der Waals surface area (Å²) in [6.07, 6.45) is -1.04. The SMILES string of the molecule is Cc1cc(S(=O)(=O)NC[C@@H](O)c2ccc(F)cc2)sc1Br. The summed E-state index contributed by atoms with van der Waals surface area (Å²) in [6.45, 7) is 1.62. The van der Waals surface area contributed by atoms with E-state index in [1.54, 1.807) is 13.0 Å². The lowest BCUT2D eigenvalue weighted by molar-refractivity contribution is 0.182. The smallest absolute Gasteiger partial charge is 0.250 e. The van der Waals surface area contributed by atoms with Gasteiger partial charge in [0.2, 0.25) is 10.0 Å². The van der Waals surface area contributed by atoms with Crippen LogP contribution < -0.4 is 4.72 Å². The Hall–Kier alpha value is -0.800. The number of aliphatic hydroxyl groups is 1. The lowest BCUT2D eigenvalue weighted by Crippen LogP contribution is -2.28. The molecule has 0 amide bonds. The molecule has 1 atom stereocenters. The van der Waals surface area contributed by atoms with E-state index in [0.29, 0.717) is 5.56 Å². The van der Waals surface area contributed by atoms with Crippen molar-refractivity contribution in [3.63, 3.8) is 0 Å². The molecule has 4 nitrogen and oxygen atoms in total. The number of aryl methyl sites for hydroxylation is 1. The van der Waals surface area contributed by atoms with Crippen LogP contribution in [-0.2, 0) is 10.0 Å². The minimum Gasteiger partial charge on any atom is -0.387 e. The van der Waals surface area contributed by atoms with Crippen LogP contribution in [0.3, 0.4) is 0 Å². The average molecular weight is 394 g/mol. The van der Waals surface area contributed by atoms with Crippen LogP contribution in [0.2, 0.25) is 0 Å². The third-order valence-corrected chi connectivity index (χ3v) is 6.85. The highest BCUT2D eigenvalue weighted by atomic mass is 79.9. The normalized spacial score (nSPS) is 13.3. The number of halogens is 2. The molecular formula is C13H13BrFNO3S2. The first-order valence-electron chi connectivity index (χ1n) is 5.99. The maximum Gasteiger partial charge on any atom is 0.250 e. The Labute approximate surface area is 134 Å². The van der Waals surface area contributed by atoms with Crippen LogP contribution in [0.4, 0.5) is 4.39 Å². The van der Waals surface area contributed by atoms with Gasteiger partial charge in [-0.3, -0.25) is 0 Å². The number of nitrogens with one attached hydrogen (secondary N) is 1. The summed E-state index contributed by atoms with van der Waals surface area (Å²) in [5, 5.41) is 9.93. The van der Waals surface area contributed by atoms with Crippen molar-refractivity contribution in [2.75, 3.05) is 6.54 Å². The van der Waals surface area contributed by atoms with Gasteiger partial charge >= 0.3 is 0 Å². The Kier molecular flexibility index (Phi) is 5.15. The van der Waals surface area contributed by atoms with Gasteiger partial charge in [-0.05, 0) is 52.2 Å². The second kappa shape index (κ2) is 6.53. The predicted octanol–water partition coefficient (Wildman–Crippen LogP) is 2.97. The number of hydrogen-bond donors (Lipinski definition) is 2. The fraction of sp³-hybridized carbons (Fsp3) is 0.231. The number of rotatable bonds is 5. The average Bonchev–Trinajstić information content (AvgIpc) is 2.78. The van der Waals surface area contributed by atoms with Crippen molar-refractivity contribution in [1.29, 1.82) is 0 Å². The van der Waals surface area contributed by atoms with E-state index in [4.69, 9.17) is 0 Å². The van der Waals surface area contributed by atoms with E-state index in [9.17, 15) is 17.9 Å². The van der Waals surface area contributed by atoms with E-state index in [1.807, 2.05) is 0 Å². The molecule has 2 rings (SSSR count). The van der Waals surface area contributed by atoms with Crippen molar-refractivity contribution >= 4 is 37.3 Å². The zero-order valence-electron chi connectivity index (χ0n) is 11.0. The second-order valence-electron chi connectivity index (χ2n) is 4.44. The molecular weight excluding hydrogens is 381 g/mol. The van der Waals surface area contributed by atoms with Crippen molar-refractivity contribution in [2.24, 2.45) is 0 Å². The van der Waals surface area contributed by atoms with E-state index in [1.165, 1.54) is 24.3 Å². The molecule has 2 N–H and O–H groups in total. The van der Waals surface area contributed by atoms with E-state index < -0.39 is 21.9 Å². The summed E-state index contributed by atoms with van der Waals surface area (Å²) in [5.41, 5.74) is 1.28. The first-order valence-corrected chi connectivity index (χ1v) is 9.08. The zero-order chi connectivity index (χ0) is 15.6. The molecule has 0 saturated heterocycles. The van der Waals surface area contributed by atoms with E-state index in [2.05, 4.69) is 20.7 Å². The van der Waals surface area contributed by atoms with E-state index in [-0.39, 0.29) is 10.8 Å². The number of sulfonamides is 1. The zero-order valence-corrected chi connectivity index (χ0v) is 14.2. The lowest BCUT2D eigenvalue weighted by Gasteiger charge is -2.12. The molecule has 0 spiro atoms. The molecule has 8 heteroatoms. The molecule has 1 aromatic carbocycles. The van der Waals surface area contributed by atoms with Gasteiger partial charge in [-0.15, -0.1) is 11.3 Å². The predicted molar refractivity (Wildman–Crippen MR) is 83.3 cm³/mol. The highest BCUT2D eigenvalue weighted by Gasteiger charge is 2.20. The Morgan fingerprint density at radius 3 is 2.52 bits per heavy atom. The molecule has 0 saturated carbocycles. The molecule has 1 heterocycles. The molecule has 0 unspecified atom stereocenters. The van der Waals surface area contributed by atoms with Crippen LogP contribution >= 0.6 is 27.3 Å². The molecule has 0 aliphatic carbocycles. The topological polar surface area (TPSA) is 66.4 Å². The van der Waals surface area contributed by atoms with Gasteiger partial charge in [0.25, 0.3) is 0 Å². The van der Waals surface area contributed by atoms with Gasteiger partial charge in [-0.2, -0.15) is 0 Å². The van der Waals surface area contributed by atoms with Gasteiger partial charge in [-0.25, -0.2) is 17.5 Å². The molecule has 0 bridgehead atoms. The van der Waals surface area contributed by atoms with Gasteiger partial charge < -0.3 is 5.11 Å². The maximum absolute atomic E-state index is 12.8. The fourth-order valence-electron chi connectivity index (χ4n) is 1.63. The fourth-order valence-corrected chi connectivity index (χ4v) is 4.94. The molecule has 114 valence electrons. The summed E-state index contributed by atoms with van der Waals surface area (Å²) in [7, 11) is -3.67. The summed E-state index contributed by atoms with van der Waals surface area (Å²) < 4.78 is 40.3. The first kappa shape index (κ1) is 16.6. The molecule has 1 aromatic heterocycles. The summed E-state index contributed by atoms with van der Waals surface area (Å²) in [6, 6.07) is 6.82. The van der Waals surface area contributed by atoms with Crippen molar-refractivity contribution in [3.8, 4) is 0 Å². The van der Waals surface area contributed by atoms with Crippen molar-refractivity contribution in [2.45, 2.75) is 17.2 Å². The quantitative estimate of drug-likeness (QED) is 0.820. The van der Waals surface area contributed by atoms with Gasteiger partial charge in [0.15, 0.2) is 0 Å². The van der Waals surface area contributed by atoms with Gasteiger partial charge in [-0.1, -0.05) is 12.1 Å². The molecule has 21 heavy (non-hydrogen) atoms. The molecule has 2 aromatic rings. The third kappa shape index (κ3) is 4.10. The largest absolute Gasteiger partial charge is 0.387 e. The van der Waals surface area contributed by atoms with Crippen LogP contribution in [0.25, 0.3) is 0 Å². The van der Waals surface area contributed by atoms with Gasteiger partial charge in [0.05, 0.1) is 9.89 Å². The minimum absolute atomic E-state index is 0.178. The Bertz CT molecular complexity index is 709. The molecule has 0 aliphatic heterocycles. The van der Waals surface area contributed by atoms with E-state index >= 15 is 0 Å². The number of aliphatic hydroxyl groups excluding tert-OH is 1. The first-order chi connectivity index (χ1) is 9.79. The van der Waals surface area contributed by atoms with Crippen LogP contribution in [0, 0.1) is 12.7 Å². The number of benzene rings is 1. The highest BCUT2D eigenvalue weighted by molar-refractivity contribution is 9.11. The number of thiophene rings is 1. The van der Waals surface area contributed by atoms with Crippen molar-refractivity contribution in [3.05, 3.63) is 51.1 Å². The monoisotopic (exact) mass is 393 g/mol. The summed E-state index contributed by atoms with van der Waals surface area (Å²) in [5.74, 6) is -0.412. The van der Waals surface area contributed by atoms with Crippen LogP contribution in [-0.4, -0.2) is 20.1 Å².